The van der Waals surface area contributed by atoms with Gasteiger partial charge in [0.05, 0.1) is 0 Å². The van der Waals surface area contributed by atoms with E-state index >= 15 is 0 Å². The molecule has 0 radical (unpaired) electrons. The number of rotatable bonds is 5. The van der Waals surface area contributed by atoms with Crippen molar-refractivity contribution in [1.82, 2.24) is 0 Å². The molecule has 94 valence electrons. The van der Waals surface area contributed by atoms with Crippen LogP contribution in [0.2, 0.25) is 12.1 Å². The molecule has 2 unspecified atom stereocenters. The molecular formula is C11H19F3OSi. The van der Waals surface area contributed by atoms with Crippen molar-refractivity contribution in [3.63, 3.8) is 0 Å². The largest absolute Gasteiger partial charge is 0.413 e. The lowest BCUT2D eigenvalue weighted by Crippen LogP contribution is -2.43. The monoisotopic (exact) mass is 252 g/mol. The molecule has 16 heavy (non-hydrogen) atoms. The SMILES string of the molecule is C=C(C)[Si]1(CCC(F)C(F)F)CCCCO1. The Morgan fingerprint density at radius 2 is 2.06 bits per heavy atom. The van der Waals surface area contributed by atoms with Crippen LogP contribution in [-0.4, -0.2) is 27.5 Å². The van der Waals surface area contributed by atoms with Gasteiger partial charge in [-0.2, -0.15) is 0 Å². The van der Waals surface area contributed by atoms with E-state index in [9.17, 15) is 13.2 Å². The van der Waals surface area contributed by atoms with Crippen LogP contribution in [0.4, 0.5) is 13.2 Å². The highest BCUT2D eigenvalue weighted by atomic mass is 28.4. The Morgan fingerprint density at radius 3 is 2.50 bits per heavy atom. The molecule has 1 saturated heterocycles. The summed E-state index contributed by atoms with van der Waals surface area (Å²) in [6.07, 6.45) is -2.94. The Kier molecular flexibility index (Phi) is 5.05. The van der Waals surface area contributed by atoms with Crippen LogP contribution in [0.5, 0.6) is 0 Å². The summed E-state index contributed by atoms with van der Waals surface area (Å²) < 4.78 is 42.9. The summed E-state index contributed by atoms with van der Waals surface area (Å²) in [6.45, 7) is 6.45. The minimum absolute atomic E-state index is 0.100. The van der Waals surface area contributed by atoms with E-state index in [4.69, 9.17) is 4.43 Å². The number of hydrogen-bond donors (Lipinski definition) is 0. The fourth-order valence-electron chi connectivity index (χ4n) is 2.10. The zero-order valence-corrected chi connectivity index (χ0v) is 10.6. The molecule has 1 aliphatic heterocycles. The minimum atomic E-state index is -2.88. The maximum absolute atomic E-state index is 12.9. The number of alkyl halides is 3. The average Bonchev–Trinajstić information content (AvgIpc) is 2.26. The second-order valence-corrected chi connectivity index (χ2v) is 8.60. The van der Waals surface area contributed by atoms with Crippen molar-refractivity contribution in [2.24, 2.45) is 0 Å². The van der Waals surface area contributed by atoms with Crippen molar-refractivity contribution in [2.75, 3.05) is 6.61 Å². The molecule has 0 saturated carbocycles. The zero-order chi connectivity index (χ0) is 12.2. The lowest BCUT2D eigenvalue weighted by atomic mass is 10.3. The van der Waals surface area contributed by atoms with Gasteiger partial charge in [0.1, 0.15) is 0 Å². The molecule has 5 heteroatoms. The Morgan fingerprint density at radius 1 is 1.38 bits per heavy atom. The summed E-state index contributed by atoms with van der Waals surface area (Å²) in [5.41, 5.74) is 0. The molecule has 0 aliphatic carbocycles. The van der Waals surface area contributed by atoms with Crippen LogP contribution in [-0.2, 0) is 4.43 Å². The highest BCUT2D eigenvalue weighted by Crippen LogP contribution is 2.33. The van der Waals surface area contributed by atoms with Crippen LogP contribution in [0.3, 0.4) is 0 Å². The summed E-state index contributed by atoms with van der Waals surface area (Å²) in [6, 6.07) is 1.34. The predicted octanol–water partition coefficient (Wildman–Crippen LogP) is 3.85. The smallest absolute Gasteiger partial charge is 0.269 e. The first-order chi connectivity index (χ1) is 7.48. The van der Waals surface area contributed by atoms with Gasteiger partial charge in [-0.15, -0.1) is 6.58 Å². The highest BCUT2D eigenvalue weighted by molar-refractivity contribution is 6.80. The molecule has 1 rings (SSSR count). The maximum Gasteiger partial charge on any atom is 0.269 e. The Balaban J connectivity index is 2.54. The second-order valence-electron chi connectivity index (χ2n) is 4.47. The summed E-state index contributed by atoms with van der Waals surface area (Å²) in [5, 5.41) is 0.952. The first-order valence-corrected chi connectivity index (χ1v) is 8.02. The van der Waals surface area contributed by atoms with E-state index in [1.54, 1.807) is 0 Å². The quantitative estimate of drug-likeness (QED) is 0.675. The van der Waals surface area contributed by atoms with Gasteiger partial charge in [-0.3, -0.25) is 0 Å². The molecular weight excluding hydrogens is 233 g/mol. The van der Waals surface area contributed by atoms with Crippen LogP contribution in [0.25, 0.3) is 0 Å². The topological polar surface area (TPSA) is 9.23 Å². The standard InChI is InChI=1S/C11H19F3OSi/c1-9(2)16(7-4-3-6-15-16)8-5-10(12)11(13)14/h10-11H,1,3-8H2,2H3. The number of hydrogen-bond acceptors (Lipinski definition) is 1. The fraction of sp³-hybridized carbons (Fsp3) is 0.818. The molecule has 0 aromatic carbocycles. The Bertz CT molecular complexity index is 239. The molecule has 0 bridgehead atoms. The molecule has 0 spiro atoms. The van der Waals surface area contributed by atoms with Crippen molar-refractivity contribution in [2.45, 2.75) is 50.9 Å². The highest BCUT2D eigenvalue weighted by Gasteiger charge is 2.39. The van der Waals surface area contributed by atoms with Gasteiger partial charge in [0.25, 0.3) is 6.43 Å². The van der Waals surface area contributed by atoms with Crippen molar-refractivity contribution in [1.29, 1.82) is 0 Å². The van der Waals surface area contributed by atoms with Crippen LogP contribution >= 0.6 is 0 Å². The van der Waals surface area contributed by atoms with Gasteiger partial charge in [-0.25, -0.2) is 13.2 Å². The van der Waals surface area contributed by atoms with Crippen molar-refractivity contribution in [3.05, 3.63) is 11.8 Å². The van der Waals surface area contributed by atoms with E-state index in [2.05, 4.69) is 6.58 Å². The van der Waals surface area contributed by atoms with Crippen LogP contribution in [0, 0.1) is 0 Å². The predicted molar refractivity (Wildman–Crippen MR) is 60.9 cm³/mol. The van der Waals surface area contributed by atoms with E-state index in [1.165, 1.54) is 0 Å². The molecule has 1 aliphatic rings. The molecule has 0 N–H and O–H groups in total. The molecule has 1 nitrogen and oxygen atoms in total. The lowest BCUT2D eigenvalue weighted by molar-refractivity contribution is 0.0473. The van der Waals surface area contributed by atoms with Crippen LogP contribution in [0.15, 0.2) is 11.8 Å². The average molecular weight is 252 g/mol. The third-order valence-corrected chi connectivity index (χ3v) is 7.80. The molecule has 1 heterocycles. The van der Waals surface area contributed by atoms with E-state index in [0.29, 0.717) is 12.7 Å². The lowest BCUT2D eigenvalue weighted by Gasteiger charge is -2.36. The third kappa shape index (κ3) is 3.35. The van der Waals surface area contributed by atoms with Gasteiger partial charge in [-0.1, -0.05) is 11.6 Å². The first kappa shape index (κ1) is 13.8. The van der Waals surface area contributed by atoms with Gasteiger partial charge in [0.2, 0.25) is 8.32 Å². The maximum atomic E-state index is 12.9. The summed E-state index contributed by atoms with van der Waals surface area (Å²) in [7, 11) is -2.14. The summed E-state index contributed by atoms with van der Waals surface area (Å²) in [5.74, 6) is 0. The van der Waals surface area contributed by atoms with Gasteiger partial charge in [0.15, 0.2) is 6.17 Å². The molecule has 2 atom stereocenters. The summed E-state index contributed by atoms with van der Waals surface area (Å²) in [4.78, 5) is 0. The molecule has 0 amide bonds. The van der Waals surface area contributed by atoms with Gasteiger partial charge in [0, 0.05) is 6.61 Å². The molecule has 0 aromatic heterocycles. The number of allylic oxidation sites excluding steroid dienone is 1. The Hall–Kier alpha value is -0.293. The van der Waals surface area contributed by atoms with Crippen LogP contribution < -0.4 is 0 Å². The van der Waals surface area contributed by atoms with Gasteiger partial charge >= 0.3 is 0 Å². The first-order valence-electron chi connectivity index (χ1n) is 5.70. The zero-order valence-electron chi connectivity index (χ0n) is 9.65. The van der Waals surface area contributed by atoms with Gasteiger partial charge in [-0.05, 0) is 31.9 Å². The van der Waals surface area contributed by atoms with E-state index in [1.807, 2.05) is 6.92 Å². The minimum Gasteiger partial charge on any atom is -0.413 e. The second kappa shape index (κ2) is 5.86. The van der Waals surface area contributed by atoms with E-state index in [0.717, 1.165) is 24.1 Å². The normalized spacial score (nSPS) is 28.1. The number of halogens is 3. The van der Waals surface area contributed by atoms with Gasteiger partial charge < -0.3 is 4.43 Å². The van der Waals surface area contributed by atoms with E-state index < -0.39 is 20.9 Å². The Labute approximate surface area is 95.8 Å². The molecule has 1 fully saturated rings. The van der Waals surface area contributed by atoms with E-state index in [-0.39, 0.29) is 6.42 Å². The molecule has 0 aromatic rings. The fourth-order valence-corrected chi connectivity index (χ4v) is 5.83. The summed E-state index contributed by atoms with van der Waals surface area (Å²) >= 11 is 0. The van der Waals surface area contributed by atoms with Crippen molar-refractivity contribution < 1.29 is 17.6 Å². The van der Waals surface area contributed by atoms with Crippen molar-refractivity contribution >= 4 is 8.32 Å². The van der Waals surface area contributed by atoms with Crippen LogP contribution in [0.1, 0.15) is 26.2 Å². The third-order valence-electron chi connectivity index (χ3n) is 3.23. The van der Waals surface area contributed by atoms with Crippen molar-refractivity contribution in [3.8, 4) is 0 Å².